The van der Waals surface area contributed by atoms with Gasteiger partial charge in [0.2, 0.25) is 0 Å². The Bertz CT molecular complexity index is 938. The number of ether oxygens (including phenoxy) is 1. The van der Waals surface area contributed by atoms with Gasteiger partial charge in [0.15, 0.2) is 0 Å². The number of rotatable bonds is 8. The van der Waals surface area contributed by atoms with Gasteiger partial charge in [-0.05, 0) is 43.8 Å². The van der Waals surface area contributed by atoms with Crippen molar-refractivity contribution in [1.82, 2.24) is 10.2 Å². The van der Waals surface area contributed by atoms with Crippen molar-refractivity contribution in [3.8, 4) is 5.75 Å². The van der Waals surface area contributed by atoms with E-state index >= 15 is 0 Å². The van der Waals surface area contributed by atoms with Crippen molar-refractivity contribution in [1.29, 1.82) is 0 Å². The Labute approximate surface area is 173 Å². The van der Waals surface area contributed by atoms with Crippen molar-refractivity contribution in [2.45, 2.75) is 12.5 Å². The molecule has 1 atom stereocenters. The zero-order chi connectivity index (χ0) is 20.6. The van der Waals surface area contributed by atoms with Crippen molar-refractivity contribution in [2.24, 2.45) is 0 Å². The molecule has 1 N–H and O–H groups in total. The van der Waals surface area contributed by atoms with E-state index in [1.165, 1.54) is 5.56 Å². The summed E-state index contributed by atoms with van der Waals surface area (Å²) in [5.41, 5.74) is 3.98. The maximum absolute atomic E-state index is 13.0. The molecule has 0 aliphatic carbocycles. The van der Waals surface area contributed by atoms with Crippen LogP contribution in [0.5, 0.6) is 5.75 Å². The van der Waals surface area contributed by atoms with Gasteiger partial charge in [-0.1, -0.05) is 66.7 Å². The number of carbonyl (C=O) groups is 1. The minimum atomic E-state index is -0.0571. The summed E-state index contributed by atoms with van der Waals surface area (Å²) in [7, 11) is 5.68. The van der Waals surface area contributed by atoms with Gasteiger partial charge in [-0.2, -0.15) is 0 Å². The van der Waals surface area contributed by atoms with Gasteiger partial charge in [-0.3, -0.25) is 4.79 Å². The largest absolute Gasteiger partial charge is 0.496 e. The summed E-state index contributed by atoms with van der Waals surface area (Å²) < 4.78 is 5.51. The summed E-state index contributed by atoms with van der Waals surface area (Å²) in [6, 6.07) is 25.9. The van der Waals surface area contributed by atoms with Crippen LogP contribution < -0.4 is 10.1 Å². The first kappa shape index (κ1) is 20.6. The highest BCUT2D eigenvalue weighted by atomic mass is 16.5. The number of amides is 1. The Hall–Kier alpha value is -3.11. The number of nitrogens with zero attached hydrogens (tertiary/aromatic N) is 1. The first-order chi connectivity index (χ1) is 14.1. The van der Waals surface area contributed by atoms with Crippen molar-refractivity contribution in [3.05, 3.63) is 101 Å². The lowest BCUT2D eigenvalue weighted by Gasteiger charge is -2.26. The fraction of sp³-hybridized carbons (Fsp3) is 0.240. The molecule has 4 nitrogen and oxygen atoms in total. The molecule has 0 radical (unpaired) electrons. The molecule has 4 heteroatoms. The molecule has 0 fully saturated rings. The molecule has 0 aliphatic heterocycles. The molecular weight excluding hydrogens is 360 g/mol. The van der Waals surface area contributed by atoms with Gasteiger partial charge >= 0.3 is 0 Å². The molecule has 150 valence electrons. The molecule has 0 heterocycles. The number of hydrogen-bond donors (Lipinski definition) is 1. The van der Waals surface area contributed by atoms with Crippen LogP contribution >= 0.6 is 0 Å². The molecule has 0 spiro atoms. The van der Waals surface area contributed by atoms with E-state index in [4.69, 9.17) is 4.74 Å². The van der Waals surface area contributed by atoms with Gasteiger partial charge in [0.25, 0.3) is 5.91 Å². The minimum Gasteiger partial charge on any atom is -0.496 e. The number of nitrogens with one attached hydrogen (secondary N) is 1. The molecular formula is C25H28N2O2. The predicted octanol–water partition coefficient (Wildman–Crippen LogP) is 4.32. The van der Waals surface area contributed by atoms with Gasteiger partial charge in [0.05, 0.1) is 13.2 Å². The van der Waals surface area contributed by atoms with Gasteiger partial charge in [-0.15, -0.1) is 0 Å². The monoisotopic (exact) mass is 388 g/mol. The minimum absolute atomic E-state index is 0.0105. The summed E-state index contributed by atoms with van der Waals surface area (Å²) in [4.78, 5) is 15.1. The maximum atomic E-state index is 13.0. The third-order valence-electron chi connectivity index (χ3n) is 5.08. The van der Waals surface area contributed by atoms with Crippen molar-refractivity contribution < 1.29 is 9.53 Å². The molecule has 29 heavy (non-hydrogen) atoms. The number of hydrogen-bond acceptors (Lipinski definition) is 3. The van der Waals surface area contributed by atoms with E-state index in [2.05, 4.69) is 22.3 Å². The molecule has 0 saturated carbocycles. The van der Waals surface area contributed by atoms with Crippen LogP contribution in [0.2, 0.25) is 0 Å². The van der Waals surface area contributed by atoms with Crippen LogP contribution in [0.15, 0.2) is 78.9 Å². The Kier molecular flexibility index (Phi) is 7.04. The van der Waals surface area contributed by atoms with Gasteiger partial charge < -0.3 is 15.0 Å². The SMILES string of the molecule is COc1ccccc1C(CNC(=O)c1ccccc1Cc1ccccc1)N(C)C. The predicted molar refractivity (Wildman–Crippen MR) is 117 cm³/mol. The Morgan fingerprint density at radius 3 is 2.31 bits per heavy atom. The van der Waals surface area contributed by atoms with Gasteiger partial charge in [0.1, 0.15) is 5.75 Å². The van der Waals surface area contributed by atoms with Gasteiger partial charge in [0, 0.05) is 17.7 Å². The van der Waals surface area contributed by atoms with E-state index < -0.39 is 0 Å². The van der Waals surface area contributed by atoms with E-state index in [1.807, 2.05) is 80.8 Å². The first-order valence-electron chi connectivity index (χ1n) is 9.79. The Morgan fingerprint density at radius 2 is 1.59 bits per heavy atom. The highest BCUT2D eigenvalue weighted by Gasteiger charge is 2.20. The quantitative estimate of drug-likeness (QED) is 0.625. The smallest absolute Gasteiger partial charge is 0.251 e. The third-order valence-corrected chi connectivity index (χ3v) is 5.08. The average molecular weight is 389 g/mol. The van der Waals surface area contributed by atoms with E-state index in [-0.39, 0.29) is 11.9 Å². The van der Waals surface area contributed by atoms with Crippen molar-refractivity contribution in [3.63, 3.8) is 0 Å². The zero-order valence-corrected chi connectivity index (χ0v) is 17.3. The fourth-order valence-corrected chi connectivity index (χ4v) is 3.51. The lowest BCUT2D eigenvalue weighted by atomic mass is 9.99. The molecule has 1 amide bonds. The highest BCUT2D eigenvalue weighted by molar-refractivity contribution is 5.95. The molecule has 3 rings (SSSR count). The standard InChI is InChI=1S/C25H28N2O2/c1-27(2)23(22-15-9-10-16-24(22)29-3)18-26-25(28)21-14-8-7-13-20(21)17-19-11-5-4-6-12-19/h4-16,23H,17-18H2,1-3H3,(H,26,28). The van der Waals surface area contributed by atoms with Crippen molar-refractivity contribution in [2.75, 3.05) is 27.7 Å². The van der Waals surface area contributed by atoms with Crippen LogP contribution in [-0.2, 0) is 6.42 Å². The molecule has 1 unspecified atom stereocenters. The average Bonchev–Trinajstić information content (AvgIpc) is 2.75. The normalized spacial score (nSPS) is 11.9. The van der Waals surface area contributed by atoms with Crippen molar-refractivity contribution >= 4 is 5.91 Å². The molecule has 0 bridgehead atoms. The van der Waals surface area contributed by atoms with Crippen LogP contribution in [0.1, 0.15) is 33.1 Å². The first-order valence-corrected chi connectivity index (χ1v) is 9.79. The summed E-state index contributed by atoms with van der Waals surface area (Å²) >= 11 is 0. The van der Waals surface area contributed by atoms with E-state index in [9.17, 15) is 4.79 Å². The van der Waals surface area contributed by atoms with E-state index in [0.717, 1.165) is 23.3 Å². The Balaban J connectivity index is 1.76. The second-order valence-corrected chi connectivity index (χ2v) is 7.25. The van der Waals surface area contributed by atoms with Crippen LogP contribution in [-0.4, -0.2) is 38.6 Å². The highest BCUT2D eigenvalue weighted by Crippen LogP contribution is 2.27. The zero-order valence-electron chi connectivity index (χ0n) is 17.3. The second kappa shape index (κ2) is 9.89. The van der Waals surface area contributed by atoms with Crippen LogP contribution in [0, 0.1) is 0 Å². The fourth-order valence-electron chi connectivity index (χ4n) is 3.51. The molecule has 3 aromatic carbocycles. The summed E-state index contributed by atoms with van der Waals surface area (Å²) in [6.07, 6.45) is 0.730. The lowest BCUT2D eigenvalue weighted by molar-refractivity contribution is 0.0940. The van der Waals surface area contributed by atoms with Crippen LogP contribution in [0.3, 0.4) is 0 Å². The lowest BCUT2D eigenvalue weighted by Crippen LogP contribution is -2.35. The molecule has 0 aromatic heterocycles. The van der Waals surface area contributed by atoms with Crippen LogP contribution in [0.25, 0.3) is 0 Å². The maximum Gasteiger partial charge on any atom is 0.251 e. The molecule has 3 aromatic rings. The molecule has 0 saturated heterocycles. The Morgan fingerprint density at radius 1 is 0.931 bits per heavy atom. The number of benzene rings is 3. The topological polar surface area (TPSA) is 41.6 Å². The summed E-state index contributed by atoms with van der Waals surface area (Å²) in [6.45, 7) is 0.492. The van der Waals surface area contributed by atoms with E-state index in [0.29, 0.717) is 12.1 Å². The number of carbonyl (C=O) groups excluding carboxylic acids is 1. The number of para-hydroxylation sites is 1. The van der Waals surface area contributed by atoms with E-state index in [1.54, 1.807) is 7.11 Å². The summed E-state index contributed by atoms with van der Waals surface area (Å²) in [5, 5.41) is 3.12. The molecule has 0 aliphatic rings. The van der Waals surface area contributed by atoms with Crippen LogP contribution in [0.4, 0.5) is 0 Å². The number of likely N-dealkylation sites (N-methyl/N-ethyl adjacent to an activating group) is 1. The third kappa shape index (κ3) is 5.24. The second-order valence-electron chi connectivity index (χ2n) is 7.25. The van der Waals surface area contributed by atoms with Gasteiger partial charge in [-0.25, -0.2) is 0 Å². The summed E-state index contributed by atoms with van der Waals surface area (Å²) in [5.74, 6) is 0.767. The number of methoxy groups -OCH3 is 1.